The molecule has 2 atom stereocenters. The van der Waals surface area contributed by atoms with Gasteiger partial charge in [0.15, 0.2) is 0 Å². The Bertz CT molecular complexity index is 639. The Kier molecular flexibility index (Phi) is 21.7. The van der Waals surface area contributed by atoms with Crippen LogP contribution in [0.3, 0.4) is 0 Å². The Balaban J connectivity index is 3.85. The van der Waals surface area contributed by atoms with Gasteiger partial charge in [-0.3, -0.25) is 19.2 Å². The van der Waals surface area contributed by atoms with Crippen molar-refractivity contribution >= 4 is 23.6 Å². The molecule has 0 fully saturated rings. The summed E-state index contributed by atoms with van der Waals surface area (Å²) in [5.41, 5.74) is 5.46. The van der Waals surface area contributed by atoms with E-state index in [0.717, 1.165) is 44.4 Å². The minimum absolute atomic E-state index is 0.0664. The highest BCUT2D eigenvalue weighted by atomic mass is 16.2. The lowest BCUT2D eigenvalue weighted by Gasteiger charge is -2.15. The Labute approximate surface area is 226 Å². The maximum Gasteiger partial charge on any atom is 0.239 e. The molecule has 0 aliphatic rings. The van der Waals surface area contributed by atoms with Gasteiger partial charge in [-0.2, -0.15) is 0 Å². The topological polar surface area (TPSA) is 130 Å². The van der Waals surface area contributed by atoms with Crippen LogP contribution in [0.1, 0.15) is 130 Å². The highest BCUT2D eigenvalue weighted by Gasteiger charge is 2.17. The molecule has 0 saturated heterocycles. The normalized spacial score (nSPS) is 12.7. The molecule has 0 aromatic carbocycles. The van der Waals surface area contributed by atoms with Crippen LogP contribution >= 0.6 is 0 Å². The van der Waals surface area contributed by atoms with E-state index in [-0.39, 0.29) is 17.7 Å². The van der Waals surface area contributed by atoms with E-state index in [9.17, 15) is 19.2 Å². The van der Waals surface area contributed by atoms with E-state index < -0.39 is 11.9 Å². The van der Waals surface area contributed by atoms with Gasteiger partial charge in [-0.05, 0) is 56.8 Å². The predicted molar refractivity (Wildman–Crippen MR) is 151 cm³/mol. The Morgan fingerprint density at radius 2 is 1.11 bits per heavy atom. The molecule has 8 heteroatoms. The molecule has 0 aliphatic heterocycles. The van der Waals surface area contributed by atoms with Crippen LogP contribution in [-0.2, 0) is 19.2 Å². The molecule has 8 nitrogen and oxygen atoms in total. The number of rotatable bonds is 24. The van der Waals surface area contributed by atoms with Crippen LogP contribution in [0.25, 0.3) is 0 Å². The van der Waals surface area contributed by atoms with Gasteiger partial charge in [0.25, 0.3) is 0 Å². The zero-order chi connectivity index (χ0) is 27.9. The van der Waals surface area contributed by atoms with Crippen LogP contribution in [0.15, 0.2) is 0 Å². The molecule has 0 heterocycles. The lowest BCUT2D eigenvalue weighted by atomic mass is 9.98. The fourth-order valence-corrected chi connectivity index (χ4v) is 4.32. The van der Waals surface area contributed by atoms with Crippen molar-refractivity contribution < 1.29 is 19.2 Å². The maximum atomic E-state index is 12.2. The summed E-state index contributed by atoms with van der Waals surface area (Å²) in [6.45, 7) is 9.95. The zero-order valence-corrected chi connectivity index (χ0v) is 24.2. The summed E-state index contributed by atoms with van der Waals surface area (Å²) in [6, 6.07) is -0.695. The van der Waals surface area contributed by atoms with Gasteiger partial charge in [-0.15, -0.1) is 0 Å². The smallest absolute Gasteiger partial charge is 0.239 e. The fourth-order valence-electron chi connectivity index (χ4n) is 4.32. The van der Waals surface area contributed by atoms with Crippen molar-refractivity contribution in [2.45, 2.75) is 136 Å². The summed E-state index contributed by atoms with van der Waals surface area (Å²) in [6.07, 6.45) is 13.4. The average molecular weight is 525 g/mol. The second-order valence-corrected chi connectivity index (χ2v) is 11.0. The molecule has 0 saturated carbocycles. The average Bonchev–Trinajstić information content (AvgIpc) is 2.83. The Morgan fingerprint density at radius 1 is 0.622 bits per heavy atom. The van der Waals surface area contributed by atoms with Crippen molar-refractivity contribution in [1.29, 1.82) is 0 Å². The third-order valence-electron chi connectivity index (χ3n) is 6.64. The van der Waals surface area contributed by atoms with Gasteiger partial charge in [0.1, 0.15) is 6.04 Å². The van der Waals surface area contributed by atoms with Crippen LogP contribution in [0, 0.1) is 11.8 Å². The molecule has 1 unspecified atom stereocenters. The van der Waals surface area contributed by atoms with Crippen LogP contribution in [0.2, 0.25) is 0 Å². The first-order valence-electron chi connectivity index (χ1n) is 14.8. The van der Waals surface area contributed by atoms with Gasteiger partial charge in [0.05, 0.1) is 0 Å². The molecule has 5 N–H and O–H groups in total. The van der Waals surface area contributed by atoms with E-state index in [2.05, 4.69) is 43.6 Å². The maximum absolute atomic E-state index is 12.2. The molecule has 0 spiro atoms. The molecule has 0 rings (SSSR count). The third kappa shape index (κ3) is 22.8. The lowest BCUT2D eigenvalue weighted by Crippen LogP contribution is -2.44. The molecular formula is C29H56N4O4. The van der Waals surface area contributed by atoms with Gasteiger partial charge in [0.2, 0.25) is 23.6 Å². The summed E-state index contributed by atoms with van der Waals surface area (Å²) in [5, 5.41) is 8.56. The molecule has 0 aromatic heterocycles. The van der Waals surface area contributed by atoms with Crippen molar-refractivity contribution in [2.24, 2.45) is 17.6 Å². The van der Waals surface area contributed by atoms with Crippen molar-refractivity contribution in [3.63, 3.8) is 0 Å². The minimum atomic E-state index is -0.695. The molecule has 0 radical (unpaired) electrons. The number of amides is 4. The molecule has 0 aromatic rings. The molecular weight excluding hydrogens is 468 g/mol. The Hall–Kier alpha value is -2.12. The van der Waals surface area contributed by atoms with E-state index in [4.69, 9.17) is 5.73 Å². The molecule has 0 bridgehead atoms. The van der Waals surface area contributed by atoms with Gasteiger partial charge in [-0.1, -0.05) is 66.2 Å². The number of unbranched alkanes of at least 4 members (excludes halogenated alkanes) is 4. The second kappa shape index (κ2) is 23.0. The van der Waals surface area contributed by atoms with Crippen molar-refractivity contribution in [3.8, 4) is 0 Å². The van der Waals surface area contributed by atoms with Crippen LogP contribution in [-0.4, -0.2) is 42.8 Å². The second-order valence-electron chi connectivity index (χ2n) is 11.0. The number of nitrogens with one attached hydrogen (secondary N) is 3. The van der Waals surface area contributed by atoms with Crippen LogP contribution in [0.4, 0.5) is 0 Å². The fraction of sp³-hybridized carbons (Fsp3) is 0.862. The number of carbonyl (C=O) groups is 4. The molecule has 4 amide bonds. The summed E-state index contributed by atoms with van der Waals surface area (Å²) >= 11 is 0. The van der Waals surface area contributed by atoms with Gasteiger partial charge in [-0.25, -0.2) is 0 Å². The van der Waals surface area contributed by atoms with Gasteiger partial charge >= 0.3 is 0 Å². The van der Waals surface area contributed by atoms with Crippen molar-refractivity contribution in [2.75, 3.05) is 13.1 Å². The first-order valence-corrected chi connectivity index (χ1v) is 14.8. The molecule has 216 valence electrons. The zero-order valence-electron chi connectivity index (χ0n) is 24.2. The molecule has 37 heavy (non-hydrogen) atoms. The summed E-state index contributed by atoms with van der Waals surface area (Å²) in [5.74, 6) is 0.790. The van der Waals surface area contributed by atoms with Crippen molar-refractivity contribution in [3.05, 3.63) is 0 Å². The highest BCUT2D eigenvalue weighted by Crippen LogP contribution is 2.14. The standard InChI is InChI=1S/C29H56N4O4/c1-5-14-24(4)16-7-9-19-27(35)32-22-13-11-20-28(36)33-25(29(30)37)17-10-12-21-31-26(34)18-8-6-15-23(2)3/h23-25H,5-22H2,1-4H3,(H2,30,37)(H,31,34)(H,32,35)(H,33,36)/t24?,25-/m1/s1. The number of hydrogen-bond acceptors (Lipinski definition) is 4. The van der Waals surface area contributed by atoms with E-state index in [1.807, 2.05) is 0 Å². The van der Waals surface area contributed by atoms with E-state index in [0.29, 0.717) is 64.0 Å². The minimum Gasteiger partial charge on any atom is -0.368 e. The number of carbonyl (C=O) groups excluding carboxylic acids is 4. The highest BCUT2D eigenvalue weighted by molar-refractivity contribution is 5.86. The monoisotopic (exact) mass is 524 g/mol. The lowest BCUT2D eigenvalue weighted by molar-refractivity contribution is -0.127. The number of nitrogens with two attached hydrogens (primary N) is 1. The van der Waals surface area contributed by atoms with Gasteiger partial charge in [0, 0.05) is 32.4 Å². The quantitative estimate of drug-likeness (QED) is 0.136. The SMILES string of the molecule is CCCC(C)CCCCC(=O)NCCCCC(=O)N[C@H](CCCCNC(=O)CCCCC(C)C)C(N)=O. The third-order valence-corrected chi connectivity index (χ3v) is 6.64. The van der Waals surface area contributed by atoms with E-state index in [1.165, 1.54) is 19.3 Å². The van der Waals surface area contributed by atoms with Crippen molar-refractivity contribution in [1.82, 2.24) is 16.0 Å². The van der Waals surface area contributed by atoms with Crippen LogP contribution < -0.4 is 21.7 Å². The first-order chi connectivity index (χ1) is 17.6. The Morgan fingerprint density at radius 3 is 1.65 bits per heavy atom. The first kappa shape index (κ1) is 34.9. The summed E-state index contributed by atoms with van der Waals surface area (Å²) < 4.78 is 0. The van der Waals surface area contributed by atoms with E-state index in [1.54, 1.807) is 0 Å². The summed E-state index contributed by atoms with van der Waals surface area (Å²) in [4.78, 5) is 47.7. The van der Waals surface area contributed by atoms with Crippen LogP contribution in [0.5, 0.6) is 0 Å². The predicted octanol–water partition coefficient (Wildman–Crippen LogP) is 4.74. The molecule has 0 aliphatic carbocycles. The number of hydrogen-bond donors (Lipinski definition) is 4. The van der Waals surface area contributed by atoms with E-state index >= 15 is 0 Å². The summed E-state index contributed by atoms with van der Waals surface area (Å²) in [7, 11) is 0. The van der Waals surface area contributed by atoms with Gasteiger partial charge < -0.3 is 21.7 Å². The largest absolute Gasteiger partial charge is 0.368 e. The number of primary amides is 1.